The van der Waals surface area contributed by atoms with Crippen molar-refractivity contribution in [1.82, 2.24) is 4.90 Å². The maximum absolute atomic E-state index is 16.3. The van der Waals surface area contributed by atoms with E-state index in [1.165, 1.54) is 14.2 Å². The Morgan fingerprint density at radius 3 is 2.26 bits per heavy atom. The van der Waals surface area contributed by atoms with Gasteiger partial charge in [-0.1, -0.05) is 58.0 Å². The molecule has 1 aliphatic carbocycles. The number of benzene rings is 1. The minimum atomic E-state index is -2.61. The molecule has 0 radical (unpaired) electrons. The zero-order valence-electron chi connectivity index (χ0n) is 37.7. The lowest BCUT2D eigenvalue weighted by Crippen LogP contribution is -2.64. The number of methoxy groups -OCH3 is 2. The summed E-state index contributed by atoms with van der Waals surface area (Å²) < 4.78 is 46.3. The van der Waals surface area contributed by atoms with Gasteiger partial charge in [-0.2, -0.15) is 0 Å². The Hall–Kier alpha value is -3.53. The van der Waals surface area contributed by atoms with E-state index in [1.807, 2.05) is 43.3 Å². The van der Waals surface area contributed by atoms with Crippen LogP contribution in [0, 0.1) is 29.6 Å². The highest BCUT2D eigenvalue weighted by Gasteiger charge is 2.57. The molecule has 13 nitrogen and oxygen atoms in total. The van der Waals surface area contributed by atoms with Crippen LogP contribution in [0.15, 0.2) is 53.6 Å². The van der Waals surface area contributed by atoms with Crippen molar-refractivity contribution in [2.24, 2.45) is 29.6 Å². The molecule has 0 spiro atoms. The summed E-state index contributed by atoms with van der Waals surface area (Å²) in [5.41, 5.74) is 0.912. The van der Waals surface area contributed by atoms with Crippen molar-refractivity contribution in [2.75, 3.05) is 20.8 Å². The number of fused-ring (bicyclic) bond motifs is 3. The van der Waals surface area contributed by atoms with Gasteiger partial charge < -0.3 is 43.9 Å². The number of ether oxygens (including phenoxy) is 5. The molecule has 3 fully saturated rings. The fourth-order valence-electron chi connectivity index (χ4n) is 9.86. The number of aliphatic hydroxyl groups excluding tert-OH is 2. The molecule has 4 aliphatic rings. The molecule has 3 aliphatic heterocycles. The lowest BCUT2D eigenvalue weighted by Gasteiger charge is -2.47. The number of nitrogens with zero attached hydrogens (tertiary/aromatic N) is 1. The molecule has 1 saturated carbocycles. The number of para-hydroxylation sites is 1. The van der Waals surface area contributed by atoms with E-state index in [0.29, 0.717) is 55.4 Å². The van der Waals surface area contributed by atoms with Gasteiger partial charge in [0.15, 0.2) is 0 Å². The Morgan fingerprint density at radius 1 is 0.935 bits per heavy atom. The highest BCUT2D eigenvalue weighted by atomic mass is 19.1. The van der Waals surface area contributed by atoms with Crippen molar-refractivity contribution >= 4 is 23.4 Å². The first-order valence-electron chi connectivity index (χ1n) is 22.6. The SMILES string of the molecule is CCC1/C=C(\C)C(F)C(C)CC(OC)C2OC(O)(C(=O)C(=O)N3CCCCC3C(=O)OC(C(C)=CC3CCC(Oc4ccccc4)C(O)C3)C(C)C(O)CC1=O)C(C)CC2OC. The molecule has 3 N–H and O–H groups in total. The number of alkyl halides is 1. The fourth-order valence-corrected chi connectivity index (χ4v) is 9.86. The molecule has 0 aromatic heterocycles. The van der Waals surface area contributed by atoms with E-state index < -0.39 is 102 Å². The Labute approximate surface area is 366 Å². The molecule has 346 valence electrons. The van der Waals surface area contributed by atoms with Gasteiger partial charge in [0.25, 0.3) is 11.7 Å². The number of aliphatic hydroxyl groups is 3. The highest BCUT2D eigenvalue weighted by Crippen LogP contribution is 2.40. The van der Waals surface area contributed by atoms with Crippen molar-refractivity contribution in [3.8, 4) is 5.75 Å². The molecular weight excluding hydrogens is 802 g/mol. The summed E-state index contributed by atoms with van der Waals surface area (Å²) >= 11 is 0. The number of carbonyl (C=O) groups is 4. The molecule has 14 heteroatoms. The Kier molecular flexibility index (Phi) is 17.5. The molecule has 1 aromatic rings. The first-order chi connectivity index (χ1) is 29.4. The van der Waals surface area contributed by atoms with Crippen LogP contribution in [-0.2, 0) is 38.1 Å². The largest absolute Gasteiger partial charge is 0.488 e. The quantitative estimate of drug-likeness (QED) is 0.169. The molecule has 3 heterocycles. The molecule has 2 bridgehead atoms. The van der Waals surface area contributed by atoms with Crippen molar-refractivity contribution in [1.29, 1.82) is 0 Å². The number of rotatable bonds is 7. The molecule has 15 atom stereocenters. The van der Waals surface area contributed by atoms with Crippen LogP contribution in [0.5, 0.6) is 5.75 Å². The van der Waals surface area contributed by atoms with E-state index in [4.69, 9.17) is 23.7 Å². The number of hydrogen-bond donors (Lipinski definition) is 3. The van der Waals surface area contributed by atoms with Gasteiger partial charge in [-0.15, -0.1) is 0 Å². The van der Waals surface area contributed by atoms with Gasteiger partial charge in [0.2, 0.25) is 5.79 Å². The Balaban J connectivity index is 1.50. The number of halogens is 1. The minimum absolute atomic E-state index is 0.0398. The first-order valence-corrected chi connectivity index (χ1v) is 22.6. The monoisotopic (exact) mass is 871 g/mol. The fraction of sp³-hybridized carbons (Fsp3) is 0.708. The van der Waals surface area contributed by atoms with E-state index in [0.717, 1.165) is 4.90 Å². The predicted octanol–water partition coefficient (Wildman–Crippen LogP) is 5.85. The van der Waals surface area contributed by atoms with Crippen LogP contribution in [0.25, 0.3) is 0 Å². The Morgan fingerprint density at radius 2 is 1.61 bits per heavy atom. The maximum Gasteiger partial charge on any atom is 0.329 e. The number of cyclic esters (lactones) is 1. The van der Waals surface area contributed by atoms with E-state index in [-0.39, 0.29) is 43.9 Å². The van der Waals surface area contributed by atoms with Crippen molar-refractivity contribution in [3.63, 3.8) is 0 Å². The summed E-state index contributed by atoms with van der Waals surface area (Å²) in [6.45, 7) is 10.2. The molecule has 2 saturated heterocycles. The van der Waals surface area contributed by atoms with Crippen LogP contribution in [0.4, 0.5) is 4.39 Å². The van der Waals surface area contributed by atoms with Gasteiger partial charge in [0, 0.05) is 44.9 Å². The van der Waals surface area contributed by atoms with E-state index in [1.54, 1.807) is 40.7 Å². The van der Waals surface area contributed by atoms with Gasteiger partial charge in [-0.25, -0.2) is 9.18 Å². The number of amides is 1. The second kappa shape index (κ2) is 21.9. The lowest BCUT2D eigenvalue weighted by atomic mass is 9.81. The third kappa shape index (κ3) is 11.4. The summed E-state index contributed by atoms with van der Waals surface area (Å²) in [4.78, 5) is 57.9. The number of hydrogen-bond acceptors (Lipinski definition) is 12. The molecule has 15 unspecified atom stereocenters. The number of esters is 1. The Bertz CT molecular complexity index is 1760. The molecule has 1 aromatic carbocycles. The number of Topliss-reactive ketones (excluding diaryl/α,β-unsaturated/α-hetero) is 2. The topological polar surface area (TPSA) is 178 Å². The van der Waals surface area contributed by atoms with Gasteiger partial charge in [0.1, 0.15) is 42.1 Å². The highest BCUT2D eigenvalue weighted by molar-refractivity contribution is 6.39. The van der Waals surface area contributed by atoms with Crippen molar-refractivity contribution < 1.29 is 62.6 Å². The van der Waals surface area contributed by atoms with Crippen LogP contribution in [-0.4, -0.2) is 125 Å². The number of allylic oxidation sites excluding steroid dienone is 3. The average molecular weight is 872 g/mol. The molecule has 62 heavy (non-hydrogen) atoms. The minimum Gasteiger partial charge on any atom is -0.488 e. The standard InChI is InChI=1S/C48H70FNO12/c1-9-33-22-27(2)42(49)28(3)23-40(58-7)44-41(59-8)24-30(5)48(57,62-44)45(54)46(55)50-20-14-13-17-35(50)47(56)61-43(31(6)36(51)26-37(33)52)29(4)21-32-18-19-39(38(53)25-32)60-34-15-11-10-12-16-34/h10-12,15-16,21-22,28,30-33,35-36,38-44,51,53,57H,9,13-14,17-20,23-26H2,1-8H3/b27-22+,29-21?. The number of carbonyl (C=O) groups excluding carboxylic acids is 4. The molecule has 1 amide bonds. The van der Waals surface area contributed by atoms with Crippen molar-refractivity contribution in [2.45, 2.75) is 166 Å². The van der Waals surface area contributed by atoms with Crippen LogP contribution >= 0.6 is 0 Å². The summed E-state index contributed by atoms with van der Waals surface area (Å²) in [5.74, 6) is -8.64. The third-order valence-corrected chi connectivity index (χ3v) is 13.8. The molecule has 5 rings (SSSR count). The van der Waals surface area contributed by atoms with E-state index in [2.05, 4.69) is 0 Å². The zero-order chi connectivity index (χ0) is 45.5. The van der Waals surface area contributed by atoms with E-state index in [9.17, 15) is 34.5 Å². The summed E-state index contributed by atoms with van der Waals surface area (Å²) in [6.07, 6.45) is -1.06. The summed E-state index contributed by atoms with van der Waals surface area (Å²) in [5, 5.41) is 34.9. The second-order valence-corrected chi connectivity index (χ2v) is 18.3. The number of ketones is 2. The van der Waals surface area contributed by atoms with Gasteiger partial charge >= 0.3 is 5.97 Å². The van der Waals surface area contributed by atoms with Crippen molar-refractivity contribution in [3.05, 3.63) is 53.6 Å². The smallest absolute Gasteiger partial charge is 0.329 e. The van der Waals surface area contributed by atoms with Gasteiger partial charge in [-0.3, -0.25) is 14.4 Å². The normalized spacial score (nSPS) is 39.8. The second-order valence-electron chi connectivity index (χ2n) is 18.3. The average Bonchev–Trinajstić information content (AvgIpc) is 3.26. The maximum atomic E-state index is 16.3. The van der Waals surface area contributed by atoms with Crippen LogP contribution in [0.3, 0.4) is 0 Å². The third-order valence-electron chi connectivity index (χ3n) is 13.8. The van der Waals surface area contributed by atoms with Gasteiger partial charge in [0.05, 0.1) is 24.4 Å². The zero-order valence-corrected chi connectivity index (χ0v) is 37.7. The van der Waals surface area contributed by atoms with Gasteiger partial charge in [-0.05, 0) is 107 Å². The van der Waals surface area contributed by atoms with Crippen LogP contribution in [0.1, 0.15) is 106 Å². The lowest BCUT2D eigenvalue weighted by molar-refractivity contribution is -0.302. The van der Waals surface area contributed by atoms with Crippen LogP contribution in [0.2, 0.25) is 0 Å². The first kappa shape index (κ1) is 49.5. The van der Waals surface area contributed by atoms with Crippen LogP contribution < -0.4 is 4.74 Å². The van der Waals surface area contributed by atoms with E-state index >= 15 is 4.39 Å². The number of piperidine rings is 1. The predicted molar refractivity (Wildman–Crippen MR) is 228 cm³/mol. The summed E-state index contributed by atoms with van der Waals surface area (Å²) in [7, 11) is 2.87. The summed E-state index contributed by atoms with van der Waals surface area (Å²) in [6, 6.07) is 8.09. The molecular formula is C48H70FNO12.